The fourth-order valence-corrected chi connectivity index (χ4v) is 3.85. The van der Waals surface area contributed by atoms with Crippen LogP contribution in [0.5, 0.6) is 0 Å². The summed E-state index contributed by atoms with van der Waals surface area (Å²) < 4.78 is 28.2. The molecule has 0 atom stereocenters. The first kappa shape index (κ1) is 20.1. The maximum absolute atomic E-state index is 12.8. The summed E-state index contributed by atoms with van der Waals surface area (Å²) >= 11 is 0. The van der Waals surface area contributed by atoms with Crippen molar-refractivity contribution in [3.05, 3.63) is 90.0 Å². The van der Waals surface area contributed by atoms with E-state index in [4.69, 9.17) is 0 Å². The van der Waals surface area contributed by atoms with Crippen LogP contribution in [0, 0.1) is 0 Å². The molecule has 1 amide bonds. The van der Waals surface area contributed by atoms with E-state index in [9.17, 15) is 18.4 Å². The minimum absolute atomic E-state index is 0.0311. The fourth-order valence-electron chi connectivity index (χ4n) is 2.77. The molecule has 3 rings (SSSR count). The van der Waals surface area contributed by atoms with Crippen molar-refractivity contribution >= 4 is 33.0 Å². The standard InChI is InChI=1S/C21H19N3O4S/c1-15(25)22-17-11-13-18(14-12-17)29(27,28)24-20-10-6-5-9-19(20)21(23-26)16-7-3-2-4-8-16/h2-14,24,26H,1H3,(H,22,25). The number of oxime groups is 1. The Morgan fingerprint density at radius 2 is 1.52 bits per heavy atom. The summed E-state index contributed by atoms with van der Waals surface area (Å²) in [6.45, 7) is 1.37. The van der Waals surface area contributed by atoms with E-state index in [-0.39, 0.29) is 22.2 Å². The molecule has 3 aromatic carbocycles. The summed E-state index contributed by atoms with van der Waals surface area (Å²) in [5.41, 5.74) is 2.08. The highest BCUT2D eigenvalue weighted by atomic mass is 32.2. The zero-order valence-corrected chi connectivity index (χ0v) is 16.3. The second-order valence-electron chi connectivity index (χ2n) is 6.17. The first-order valence-corrected chi connectivity index (χ1v) is 10.2. The van der Waals surface area contributed by atoms with Gasteiger partial charge in [-0.15, -0.1) is 0 Å². The van der Waals surface area contributed by atoms with Gasteiger partial charge in [0.2, 0.25) is 5.91 Å². The van der Waals surface area contributed by atoms with Crippen LogP contribution in [-0.4, -0.2) is 25.2 Å². The molecule has 0 unspecified atom stereocenters. The number of carbonyl (C=O) groups excluding carboxylic acids is 1. The van der Waals surface area contributed by atoms with E-state index in [0.717, 1.165) is 0 Å². The van der Waals surface area contributed by atoms with Gasteiger partial charge in [0, 0.05) is 23.7 Å². The predicted octanol–water partition coefficient (Wildman–Crippen LogP) is 3.67. The van der Waals surface area contributed by atoms with Crippen LogP contribution in [0.4, 0.5) is 11.4 Å². The molecule has 3 N–H and O–H groups in total. The van der Waals surface area contributed by atoms with Crippen molar-refractivity contribution in [2.24, 2.45) is 5.16 Å². The third kappa shape index (κ3) is 4.80. The van der Waals surface area contributed by atoms with Gasteiger partial charge in [-0.3, -0.25) is 9.52 Å². The third-order valence-electron chi connectivity index (χ3n) is 4.06. The zero-order valence-electron chi connectivity index (χ0n) is 15.5. The van der Waals surface area contributed by atoms with Crippen molar-refractivity contribution in [2.45, 2.75) is 11.8 Å². The molecule has 0 heterocycles. The van der Waals surface area contributed by atoms with E-state index in [1.165, 1.54) is 31.2 Å². The number of para-hydroxylation sites is 1. The monoisotopic (exact) mass is 409 g/mol. The van der Waals surface area contributed by atoms with Crippen LogP contribution in [0.25, 0.3) is 0 Å². The zero-order chi connectivity index (χ0) is 20.9. The minimum atomic E-state index is -3.90. The van der Waals surface area contributed by atoms with Crippen LogP contribution < -0.4 is 10.0 Å². The number of hydrogen-bond donors (Lipinski definition) is 3. The Hall–Kier alpha value is -3.65. The molecule has 0 bridgehead atoms. The van der Waals surface area contributed by atoms with Crippen molar-refractivity contribution in [3.63, 3.8) is 0 Å². The summed E-state index contributed by atoms with van der Waals surface area (Å²) in [5.74, 6) is -0.246. The van der Waals surface area contributed by atoms with Crippen LogP contribution in [0.3, 0.4) is 0 Å². The van der Waals surface area contributed by atoms with E-state index in [0.29, 0.717) is 16.8 Å². The Labute approximate surface area is 168 Å². The summed E-state index contributed by atoms with van der Waals surface area (Å²) in [6.07, 6.45) is 0. The molecule has 0 aromatic heterocycles. The van der Waals surface area contributed by atoms with Gasteiger partial charge in [-0.05, 0) is 30.3 Å². The van der Waals surface area contributed by atoms with Crippen molar-refractivity contribution in [1.29, 1.82) is 0 Å². The molecule has 0 spiro atoms. The molecule has 7 nitrogen and oxygen atoms in total. The molecular formula is C21H19N3O4S. The minimum Gasteiger partial charge on any atom is -0.410 e. The Morgan fingerprint density at radius 3 is 2.14 bits per heavy atom. The van der Waals surface area contributed by atoms with Gasteiger partial charge in [-0.2, -0.15) is 0 Å². The first-order chi connectivity index (χ1) is 13.9. The lowest BCUT2D eigenvalue weighted by Crippen LogP contribution is -2.16. The maximum atomic E-state index is 12.8. The molecule has 3 aromatic rings. The van der Waals surface area contributed by atoms with Gasteiger partial charge < -0.3 is 10.5 Å². The van der Waals surface area contributed by atoms with Crippen LogP contribution in [0.15, 0.2) is 88.9 Å². The van der Waals surface area contributed by atoms with Gasteiger partial charge >= 0.3 is 0 Å². The third-order valence-corrected chi connectivity index (χ3v) is 5.44. The van der Waals surface area contributed by atoms with Crippen LogP contribution >= 0.6 is 0 Å². The number of amides is 1. The second-order valence-corrected chi connectivity index (χ2v) is 7.85. The Balaban J connectivity index is 1.93. The predicted molar refractivity (Wildman–Crippen MR) is 112 cm³/mol. The highest BCUT2D eigenvalue weighted by Gasteiger charge is 2.19. The van der Waals surface area contributed by atoms with Crippen molar-refractivity contribution in [3.8, 4) is 0 Å². The fraction of sp³-hybridized carbons (Fsp3) is 0.0476. The number of sulfonamides is 1. The van der Waals surface area contributed by atoms with Crippen molar-refractivity contribution in [2.75, 3.05) is 10.0 Å². The lowest BCUT2D eigenvalue weighted by atomic mass is 10.0. The topological polar surface area (TPSA) is 108 Å². The lowest BCUT2D eigenvalue weighted by molar-refractivity contribution is -0.114. The summed E-state index contributed by atoms with van der Waals surface area (Å²) in [7, 11) is -3.90. The lowest BCUT2D eigenvalue weighted by Gasteiger charge is -2.14. The molecular weight excluding hydrogens is 390 g/mol. The highest BCUT2D eigenvalue weighted by Crippen LogP contribution is 2.24. The average Bonchev–Trinajstić information content (AvgIpc) is 2.70. The number of carbonyl (C=O) groups is 1. The number of rotatable bonds is 6. The quantitative estimate of drug-likeness (QED) is 0.328. The van der Waals surface area contributed by atoms with Crippen LogP contribution in [0.1, 0.15) is 18.1 Å². The first-order valence-electron chi connectivity index (χ1n) is 8.68. The Bertz CT molecular complexity index is 1140. The number of nitrogens with zero attached hydrogens (tertiary/aromatic N) is 1. The van der Waals surface area contributed by atoms with Gasteiger partial charge in [0.05, 0.1) is 10.6 Å². The molecule has 0 aliphatic carbocycles. The molecule has 29 heavy (non-hydrogen) atoms. The van der Waals surface area contributed by atoms with Gasteiger partial charge in [-0.1, -0.05) is 53.7 Å². The summed E-state index contributed by atoms with van der Waals surface area (Å²) in [6, 6.07) is 21.4. The summed E-state index contributed by atoms with van der Waals surface area (Å²) in [5, 5.41) is 15.5. The van der Waals surface area contributed by atoms with E-state index in [1.54, 1.807) is 48.5 Å². The number of hydrogen-bond acceptors (Lipinski definition) is 5. The number of benzene rings is 3. The molecule has 0 fully saturated rings. The average molecular weight is 409 g/mol. The van der Waals surface area contributed by atoms with Gasteiger partial charge in [0.1, 0.15) is 5.71 Å². The van der Waals surface area contributed by atoms with E-state index in [2.05, 4.69) is 15.2 Å². The molecule has 0 aliphatic heterocycles. The normalized spacial score (nSPS) is 11.7. The van der Waals surface area contributed by atoms with Crippen LogP contribution in [0.2, 0.25) is 0 Å². The van der Waals surface area contributed by atoms with E-state index in [1.807, 2.05) is 6.07 Å². The van der Waals surface area contributed by atoms with Gasteiger partial charge in [-0.25, -0.2) is 8.42 Å². The van der Waals surface area contributed by atoms with E-state index >= 15 is 0 Å². The second kappa shape index (κ2) is 8.57. The van der Waals surface area contributed by atoms with E-state index < -0.39 is 10.0 Å². The highest BCUT2D eigenvalue weighted by molar-refractivity contribution is 7.92. The Morgan fingerprint density at radius 1 is 0.897 bits per heavy atom. The molecule has 8 heteroatoms. The molecule has 0 saturated carbocycles. The summed E-state index contributed by atoms with van der Waals surface area (Å²) in [4.78, 5) is 11.1. The smallest absolute Gasteiger partial charge is 0.261 e. The molecule has 148 valence electrons. The SMILES string of the molecule is CC(=O)Nc1ccc(S(=O)(=O)Nc2ccccc2C(=NO)c2ccccc2)cc1. The largest absolute Gasteiger partial charge is 0.410 e. The van der Waals surface area contributed by atoms with Gasteiger partial charge in [0.25, 0.3) is 10.0 Å². The molecule has 0 aliphatic rings. The number of anilines is 2. The van der Waals surface area contributed by atoms with Gasteiger partial charge in [0.15, 0.2) is 0 Å². The van der Waals surface area contributed by atoms with Crippen LogP contribution in [-0.2, 0) is 14.8 Å². The molecule has 0 saturated heterocycles. The van der Waals surface area contributed by atoms with Crippen molar-refractivity contribution < 1.29 is 18.4 Å². The molecule has 0 radical (unpaired) electrons. The maximum Gasteiger partial charge on any atom is 0.261 e. The Kier molecular flexibility index (Phi) is 5.94. The van der Waals surface area contributed by atoms with Crippen molar-refractivity contribution in [1.82, 2.24) is 0 Å². The number of nitrogens with one attached hydrogen (secondary N) is 2.